The fourth-order valence-corrected chi connectivity index (χ4v) is 2.07. The average Bonchev–Trinajstić information content (AvgIpc) is 2.64. The third-order valence-corrected chi connectivity index (χ3v) is 3.51. The fourth-order valence-electron chi connectivity index (χ4n) is 2.07. The minimum Gasteiger partial charge on any atom is -0.452 e. The fraction of sp³-hybridized carbons (Fsp3) is 0.300. The van der Waals surface area contributed by atoms with Gasteiger partial charge in [0, 0.05) is 6.54 Å². The summed E-state index contributed by atoms with van der Waals surface area (Å²) in [5.74, 6) is -1.33. The number of hydrogen-bond acceptors (Lipinski definition) is 4. The van der Waals surface area contributed by atoms with E-state index in [-0.39, 0.29) is 25.1 Å². The highest BCUT2D eigenvalue weighted by atomic mass is 19.1. The molecule has 5 nitrogen and oxygen atoms in total. The van der Waals surface area contributed by atoms with Crippen LogP contribution in [0.5, 0.6) is 0 Å². The van der Waals surface area contributed by atoms with E-state index < -0.39 is 11.9 Å². The molecule has 0 atom stereocenters. The second-order valence-electron chi connectivity index (χ2n) is 6.04. The molecule has 0 spiro atoms. The van der Waals surface area contributed by atoms with Gasteiger partial charge in [0.1, 0.15) is 5.82 Å². The van der Waals surface area contributed by atoms with Gasteiger partial charge in [-0.25, -0.2) is 9.18 Å². The number of benzene rings is 2. The SMILES string of the molecule is CC(C)OCc1ccc(C(=O)OCC(=O)NCc2ccc(F)cc2)cc1. The molecule has 2 aromatic carbocycles. The number of hydrogen-bond donors (Lipinski definition) is 1. The zero-order valence-corrected chi connectivity index (χ0v) is 14.8. The third-order valence-electron chi connectivity index (χ3n) is 3.51. The molecule has 0 saturated carbocycles. The van der Waals surface area contributed by atoms with Crippen LogP contribution in [0.3, 0.4) is 0 Å². The Bertz CT molecular complexity index is 726. The Kier molecular flexibility index (Phi) is 7.29. The van der Waals surface area contributed by atoms with E-state index in [0.29, 0.717) is 12.2 Å². The Hall–Kier alpha value is -2.73. The molecule has 0 aromatic heterocycles. The van der Waals surface area contributed by atoms with Gasteiger partial charge in [0.15, 0.2) is 6.61 Å². The summed E-state index contributed by atoms with van der Waals surface area (Å²) in [5, 5.41) is 2.61. The van der Waals surface area contributed by atoms with Gasteiger partial charge in [-0.15, -0.1) is 0 Å². The molecule has 0 heterocycles. The van der Waals surface area contributed by atoms with E-state index in [1.54, 1.807) is 36.4 Å². The lowest BCUT2D eigenvalue weighted by molar-refractivity contribution is -0.124. The highest BCUT2D eigenvalue weighted by Gasteiger charge is 2.10. The topological polar surface area (TPSA) is 64.6 Å². The first kappa shape index (κ1) is 19.6. The molecule has 2 aromatic rings. The number of amides is 1. The van der Waals surface area contributed by atoms with Gasteiger partial charge in [-0.05, 0) is 49.2 Å². The van der Waals surface area contributed by atoms with Gasteiger partial charge in [0.05, 0.1) is 18.3 Å². The Labute approximate surface area is 152 Å². The molecule has 0 bridgehead atoms. The van der Waals surface area contributed by atoms with Crippen LogP contribution in [0.25, 0.3) is 0 Å². The van der Waals surface area contributed by atoms with E-state index in [9.17, 15) is 14.0 Å². The second kappa shape index (κ2) is 9.68. The van der Waals surface area contributed by atoms with Crippen molar-refractivity contribution in [2.75, 3.05) is 6.61 Å². The number of ether oxygens (including phenoxy) is 2. The van der Waals surface area contributed by atoms with Crippen molar-refractivity contribution in [2.45, 2.75) is 33.1 Å². The largest absolute Gasteiger partial charge is 0.452 e. The molecule has 6 heteroatoms. The molecule has 0 aliphatic carbocycles. The third kappa shape index (κ3) is 6.64. The molecule has 1 N–H and O–H groups in total. The summed E-state index contributed by atoms with van der Waals surface area (Å²) in [6, 6.07) is 12.6. The van der Waals surface area contributed by atoms with Crippen LogP contribution in [0.2, 0.25) is 0 Å². The number of nitrogens with one attached hydrogen (secondary N) is 1. The molecule has 0 radical (unpaired) electrons. The van der Waals surface area contributed by atoms with Crippen LogP contribution in [0.15, 0.2) is 48.5 Å². The van der Waals surface area contributed by atoms with E-state index in [0.717, 1.165) is 11.1 Å². The molecule has 1 amide bonds. The molecular weight excluding hydrogens is 337 g/mol. The van der Waals surface area contributed by atoms with Crippen molar-refractivity contribution in [1.29, 1.82) is 0 Å². The molecule has 26 heavy (non-hydrogen) atoms. The van der Waals surface area contributed by atoms with E-state index in [1.165, 1.54) is 12.1 Å². The van der Waals surface area contributed by atoms with Crippen molar-refractivity contribution < 1.29 is 23.5 Å². The minimum atomic E-state index is -0.571. The molecule has 138 valence electrons. The summed E-state index contributed by atoms with van der Waals surface area (Å²) in [6.45, 7) is 4.23. The van der Waals surface area contributed by atoms with Gasteiger partial charge in [0.25, 0.3) is 5.91 Å². The summed E-state index contributed by atoms with van der Waals surface area (Å²) >= 11 is 0. The van der Waals surface area contributed by atoms with E-state index >= 15 is 0 Å². The van der Waals surface area contributed by atoms with Gasteiger partial charge < -0.3 is 14.8 Å². The van der Waals surface area contributed by atoms with Crippen molar-refractivity contribution >= 4 is 11.9 Å². The summed E-state index contributed by atoms with van der Waals surface area (Å²) in [7, 11) is 0. The minimum absolute atomic E-state index is 0.132. The number of esters is 1. The lowest BCUT2D eigenvalue weighted by atomic mass is 10.1. The Morgan fingerprint density at radius 2 is 1.62 bits per heavy atom. The van der Waals surface area contributed by atoms with Gasteiger partial charge in [-0.2, -0.15) is 0 Å². The van der Waals surface area contributed by atoms with Crippen LogP contribution >= 0.6 is 0 Å². The maximum atomic E-state index is 12.8. The number of carbonyl (C=O) groups excluding carboxylic acids is 2. The van der Waals surface area contributed by atoms with Crippen molar-refractivity contribution in [3.8, 4) is 0 Å². The first-order valence-corrected chi connectivity index (χ1v) is 8.33. The first-order chi connectivity index (χ1) is 12.4. The average molecular weight is 359 g/mol. The lowest BCUT2D eigenvalue weighted by Gasteiger charge is -2.09. The van der Waals surface area contributed by atoms with E-state index in [1.807, 2.05) is 13.8 Å². The van der Waals surface area contributed by atoms with Crippen molar-refractivity contribution in [3.63, 3.8) is 0 Å². The van der Waals surface area contributed by atoms with Gasteiger partial charge >= 0.3 is 5.97 Å². The monoisotopic (exact) mass is 359 g/mol. The molecule has 2 rings (SSSR count). The summed E-state index contributed by atoms with van der Waals surface area (Å²) in [6.07, 6.45) is 0.132. The molecule has 0 unspecified atom stereocenters. The van der Waals surface area contributed by atoms with Crippen LogP contribution < -0.4 is 5.32 Å². The Balaban J connectivity index is 1.74. The zero-order chi connectivity index (χ0) is 18.9. The van der Waals surface area contributed by atoms with E-state index in [4.69, 9.17) is 9.47 Å². The molecular formula is C20H22FNO4. The predicted octanol–water partition coefficient (Wildman–Crippen LogP) is 3.22. The summed E-state index contributed by atoms with van der Waals surface area (Å²) in [5.41, 5.74) is 2.07. The second-order valence-corrected chi connectivity index (χ2v) is 6.04. The molecule has 0 aliphatic rings. The lowest BCUT2D eigenvalue weighted by Crippen LogP contribution is -2.28. The molecule has 0 aliphatic heterocycles. The normalized spacial score (nSPS) is 10.6. The number of rotatable bonds is 8. The van der Waals surface area contributed by atoms with E-state index in [2.05, 4.69) is 5.32 Å². The standard InChI is InChI=1S/C20H22FNO4/c1-14(2)25-12-16-3-7-17(8-4-16)20(24)26-13-19(23)22-11-15-5-9-18(21)10-6-15/h3-10,14H,11-13H2,1-2H3,(H,22,23). The van der Waals surface area contributed by atoms with Gasteiger partial charge in [-0.1, -0.05) is 24.3 Å². The smallest absolute Gasteiger partial charge is 0.338 e. The quantitative estimate of drug-likeness (QED) is 0.735. The van der Waals surface area contributed by atoms with Gasteiger partial charge in [-0.3, -0.25) is 4.79 Å². The Morgan fingerprint density at radius 1 is 1.00 bits per heavy atom. The van der Waals surface area contributed by atoms with Crippen molar-refractivity contribution in [1.82, 2.24) is 5.32 Å². The molecule has 0 fully saturated rings. The van der Waals surface area contributed by atoms with Crippen LogP contribution in [-0.2, 0) is 27.4 Å². The first-order valence-electron chi connectivity index (χ1n) is 8.33. The number of halogens is 1. The maximum absolute atomic E-state index is 12.8. The van der Waals surface area contributed by atoms with Crippen LogP contribution in [0.1, 0.15) is 35.3 Å². The Morgan fingerprint density at radius 3 is 2.23 bits per heavy atom. The van der Waals surface area contributed by atoms with Crippen LogP contribution in [0, 0.1) is 5.82 Å². The highest BCUT2D eigenvalue weighted by molar-refractivity contribution is 5.91. The van der Waals surface area contributed by atoms with Crippen LogP contribution in [0.4, 0.5) is 4.39 Å². The maximum Gasteiger partial charge on any atom is 0.338 e. The molecule has 0 saturated heterocycles. The van der Waals surface area contributed by atoms with Crippen molar-refractivity contribution in [2.24, 2.45) is 0 Å². The van der Waals surface area contributed by atoms with Crippen LogP contribution in [-0.4, -0.2) is 24.6 Å². The number of carbonyl (C=O) groups is 2. The van der Waals surface area contributed by atoms with Crippen molar-refractivity contribution in [3.05, 3.63) is 71.0 Å². The summed E-state index contributed by atoms with van der Waals surface area (Å²) < 4.78 is 23.3. The van der Waals surface area contributed by atoms with Gasteiger partial charge in [0.2, 0.25) is 0 Å². The highest BCUT2D eigenvalue weighted by Crippen LogP contribution is 2.08. The summed E-state index contributed by atoms with van der Waals surface area (Å²) in [4.78, 5) is 23.7. The predicted molar refractivity (Wildman–Crippen MR) is 94.9 cm³/mol. The zero-order valence-electron chi connectivity index (χ0n) is 14.8.